The van der Waals surface area contributed by atoms with Crippen molar-refractivity contribution in [3.05, 3.63) is 47.5 Å². The number of hydrogen-bond donors (Lipinski definition) is 0. The second-order valence-corrected chi connectivity index (χ2v) is 8.28. The summed E-state index contributed by atoms with van der Waals surface area (Å²) in [6, 6.07) is 4.85. The van der Waals surface area contributed by atoms with Crippen molar-refractivity contribution in [3.8, 4) is 22.6 Å². The van der Waals surface area contributed by atoms with Crippen LogP contribution >= 0.6 is 0 Å². The summed E-state index contributed by atoms with van der Waals surface area (Å²) in [6.07, 6.45) is 5.91. The highest BCUT2D eigenvalue weighted by molar-refractivity contribution is 5.67. The Morgan fingerprint density at radius 3 is 1.78 bits per heavy atom. The maximum absolute atomic E-state index is 14.7. The predicted octanol–water partition coefficient (Wildman–Crippen LogP) is 6.92. The average Bonchev–Trinajstić information content (AvgIpc) is 2.81. The Morgan fingerprint density at radius 2 is 1.25 bits per heavy atom. The highest BCUT2D eigenvalue weighted by atomic mass is 19.2. The summed E-state index contributed by atoms with van der Waals surface area (Å²) in [5.74, 6) is -4.49. The Morgan fingerprint density at radius 1 is 0.719 bits per heavy atom. The lowest BCUT2D eigenvalue weighted by Crippen LogP contribution is -2.20. The minimum Gasteiger partial charge on any atom is -0.490 e. The first-order valence-electron chi connectivity index (χ1n) is 11.2. The lowest BCUT2D eigenvalue weighted by Gasteiger charge is -2.27. The summed E-state index contributed by atoms with van der Waals surface area (Å²) < 4.78 is 73.9. The molecule has 0 heterocycles. The molecule has 0 unspecified atom stereocenters. The molecule has 2 aromatic rings. The second-order valence-electron chi connectivity index (χ2n) is 8.28. The minimum atomic E-state index is -1.30. The summed E-state index contributed by atoms with van der Waals surface area (Å²) in [4.78, 5) is 0. The quantitative estimate of drug-likeness (QED) is 0.288. The lowest BCUT2D eigenvalue weighted by atomic mass is 9.81. The number of methoxy groups -OCH3 is 1. The standard InChI is InChI=1S/C25H30F4O3/c1-3-16-5-7-17(8-6-16)15-32-21-12-10-19(23(27)25(21)29)18-9-11-20(24(28)22(18)26)31-14-4-13-30-2/h9-12,16-17H,3-8,13-15H2,1-2H3. The molecule has 2 aromatic carbocycles. The molecule has 1 saturated carbocycles. The van der Waals surface area contributed by atoms with E-state index in [1.54, 1.807) is 0 Å². The molecule has 3 rings (SSSR count). The van der Waals surface area contributed by atoms with E-state index in [4.69, 9.17) is 14.2 Å². The SMILES string of the molecule is CCC1CCC(COc2ccc(-c3ccc(OCCCOC)c(F)c3F)c(F)c2F)CC1. The van der Waals surface area contributed by atoms with Crippen LogP contribution in [-0.4, -0.2) is 26.9 Å². The van der Waals surface area contributed by atoms with Crippen molar-refractivity contribution in [3.63, 3.8) is 0 Å². The number of benzene rings is 2. The third-order valence-corrected chi connectivity index (χ3v) is 6.15. The molecule has 1 aliphatic rings. The molecule has 0 aromatic heterocycles. The van der Waals surface area contributed by atoms with Gasteiger partial charge in [0.2, 0.25) is 11.6 Å². The van der Waals surface area contributed by atoms with E-state index in [-0.39, 0.29) is 29.2 Å². The average molecular weight is 455 g/mol. The van der Waals surface area contributed by atoms with E-state index >= 15 is 0 Å². The predicted molar refractivity (Wildman–Crippen MR) is 115 cm³/mol. The first-order valence-corrected chi connectivity index (χ1v) is 11.2. The molecule has 0 N–H and O–H groups in total. The molecule has 0 radical (unpaired) electrons. The van der Waals surface area contributed by atoms with Gasteiger partial charge >= 0.3 is 0 Å². The molecule has 7 heteroatoms. The summed E-state index contributed by atoms with van der Waals surface area (Å²) in [6.45, 7) is 3.05. The third kappa shape index (κ3) is 5.74. The van der Waals surface area contributed by atoms with E-state index in [0.717, 1.165) is 38.0 Å². The van der Waals surface area contributed by atoms with E-state index in [1.807, 2.05) is 0 Å². The highest BCUT2D eigenvalue weighted by Gasteiger charge is 2.24. The molecule has 32 heavy (non-hydrogen) atoms. The summed E-state index contributed by atoms with van der Waals surface area (Å²) in [5.41, 5.74) is -0.756. The molecule has 0 spiro atoms. The molecule has 1 aliphatic carbocycles. The van der Waals surface area contributed by atoms with Crippen molar-refractivity contribution in [2.45, 2.75) is 45.4 Å². The highest BCUT2D eigenvalue weighted by Crippen LogP contribution is 2.36. The fourth-order valence-electron chi connectivity index (χ4n) is 4.10. The van der Waals surface area contributed by atoms with Gasteiger partial charge in [0.25, 0.3) is 0 Å². The van der Waals surface area contributed by atoms with Crippen LogP contribution in [0.3, 0.4) is 0 Å². The molecular weight excluding hydrogens is 424 g/mol. The fourth-order valence-corrected chi connectivity index (χ4v) is 4.10. The first kappa shape index (κ1) is 24.4. The van der Waals surface area contributed by atoms with Crippen LogP contribution in [0.15, 0.2) is 24.3 Å². The second kappa shape index (κ2) is 11.5. The molecule has 176 valence electrons. The van der Waals surface area contributed by atoms with E-state index in [2.05, 4.69) is 6.92 Å². The molecule has 0 amide bonds. The van der Waals surface area contributed by atoms with Crippen LogP contribution in [0.2, 0.25) is 0 Å². The molecule has 0 bridgehead atoms. The van der Waals surface area contributed by atoms with Gasteiger partial charge < -0.3 is 14.2 Å². The van der Waals surface area contributed by atoms with Crippen LogP contribution in [-0.2, 0) is 4.74 Å². The van der Waals surface area contributed by atoms with E-state index < -0.39 is 23.3 Å². The summed E-state index contributed by atoms with van der Waals surface area (Å²) in [7, 11) is 1.52. The largest absolute Gasteiger partial charge is 0.490 e. The van der Waals surface area contributed by atoms with E-state index in [1.165, 1.54) is 31.4 Å². The van der Waals surface area contributed by atoms with Gasteiger partial charge in [-0.1, -0.05) is 26.2 Å². The van der Waals surface area contributed by atoms with Crippen molar-refractivity contribution in [2.75, 3.05) is 26.9 Å². The van der Waals surface area contributed by atoms with Crippen LogP contribution in [0.1, 0.15) is 45.4 Å². The Labute approximate surface area is 186 Å². The normalized spacial score (nSPS) is 18.6. The molecule has 3 nitrogen and oxygen atoms in total. The first-order chi connectivity index (χ1) is 15.5. The van der Waals surface area contributed by atoms with Crippen molar-refractivity contribution >= 4 is 0 Å². The smallest absolute Gasteiger partial charge is 0.201 e. The monoisotopic (exact) mass is 454 g/mol. The Balaban J connectivity index is 1.70. The van der Waals surface area contributed by atoms with Gasteiger partial charge in [-0.05, 0) is 48.9 Å². The van der Waals surface area contributed by atoms with Crippen LogP contribution in [0.4, 0.5) is 17.6 Å². The fraction of sp³-hybridized carbons (Fsp3) is 0.520. The van der Waals surface area contributed by atoms with Crippen molar-refractivity contribution < 1.29 is 31.8 Å². The van der Waals surface area contributed by atoms with Crippen molar-refractivity contribution in [2.24, 2.45) is 11.8 Å². The molecule has 0 atom stereocenters. The van der Waals surface area contributed by atoms with Crippen LogP contribution < -0.4 is 9.47 Å². The zero-order chi connectivity index (χ0) is 23.1. The maximum atomic E-state index is 14.7. The number of rotatable bonds is 10. The van der Waals surface area contributed by atoms with Crippen LogP contribution in [0.5, 0.6) is 11.5 Å². The van der Waals surface area contributed by atoms with E-state index in [0.29, 0.717) is 25.6 Å². The number of hydrogen-bond acceptors (Lipinski definition) is 3. The summed E-state index contributed by atoms with van der Waals surface area (Å²) in [5, 5.41) is 0. The van der Waals surface area contributed by atoms with Gasteiger partial charge in [-0.2, -0.15) is 8.78 Å². The Bertz CT molecular complexity index is 895. The van der Waals surface area contributed by atoms with Gasteiger partial charge in [0, 0.05) is 31.3 Å². The van der Waals surface area contributed by atoms with Gasteiger partial charge in [0.15, 0.2) is 23.1 Å². The summed E-state index contributed by atoms with van der Waals surface area (Å²) >= 11 is 0. The van der Waals surface area contributed by atoms with Gasteiger partial charge in [-0.15, -0.1) is 0 Å². The Hall–Kier alpha value is -2.28. The lowest BCUT2D eigenvalue weighted by molar-refractivity contribution is 0.170. The molecule has 0 aliphatic heterocycles. The molecule has 0 saturated heterocycles. The van der Waals surface area contributed by atoms with Crippen LogP contribution in [0, 0.1) is 35.1 Å². The molecular formula is C25H30F4O3. The van der Waals surface area contributed by atoms with Gasteiger partial charge in [-0.3, -0.25) is 0 Å². The molecule has 1 fully saturated rings. The number of ether oxygens (including phenoxy) is 3. The minimum absolute atomic E-state index is 0.138. The van der Waals surface area contributed by atoms with Gasteiger partial charge in [0.05, 0.1) is 13.2 Å². The van der Waals surface area contributed by atoms with Gasteiger partial charge in [-0.25, -0.2) is 8.78 Å². The zero-order valence-corrected chi connectivity index (χ0v) is 18.6. The van der Waals surface area contributed by atoms with E-state index in [9.17, 15) is 17.6 Å². The zero-order valence-electron chi connectivity index (χ0n) is 18.6. The third-order valence-electron chi connectivity index (χ3n) is 6.15. The van der Waals surface area contributed by atoms with Crippen molar-refractivity contribution in [1.29, 1.82) is 0 Å². The topological polar surface area (TPSA) is 27.7 Å². The van der Waals surface area contributed by atoms with Crippen LogP contribution in [0.25, 0.3) is 11.1 Å². The van der Waals surface area contributed by atoms with Gasteiger partial charge in [0.1, 0.15) is 0 Å². The Kier molecular flexibility index (Phi) is 8.79. The van der Waals surface area contributed by atoms with Crippen molar-refractivity contribution in [1.82, 2.24) is 0 Å². The maximum Gasteiger partial charge on any atom is 0.201 e. The number of halogens is 4.